The van der Waals surface area contributed by atoms with Gasteiger partial charge in [-0.05, 0) is 25.1 Å². The van der Waals surface area contributed by atoms with E-state index in [0.717, 1.165) is 5.69 Å². The third-order valence-electron chi connectivity index (χ3n) is 2.90. The average molecular weight is 341 g/mol. The van der Waals surface area contributed by atoms with Crippen molar-refractivity contribution in [3.05, 3.63) is 47.5 Å². The van der Waals surface area contributed by atoms with E-state index in [1.807, 2.05) is 36.4 Å². The van der Waals surface area contributed by atoms with Crippen molar-refractivity contribution < 1.29 is 14.3 Å². The summed E-state index contributed by atoms with van der Waals surface area (Å²) in [5, 5.41) is 10.8. The Morgan fingerprint density at radius 1 is 1.38 bits per heavy atom. The first-order chi connectivity index (χ1) is 11.5. The molecule has 2 rings (SSSR count). The zero-order chi connectivity index (χ0) is 17.5. The van der Waals surface area contributed by atoms with Gasteiger partial charge in [0.2, 0.25) is 5.91 Å². The number of hydrogen-bond acceptors (Lipinski definition) is 6. The summed E-state index contributed by atoms with van der Waals surface area (Å²) in [6.07, 6.45) is 1.88. The van der Waals surface area contributed by atoms with Gasteiger partial charge in [0.1, 0.15) is 6.07 Å². The van der Waals surface area contributed by atoms with E-state index in [9.17, 15) is 9.59 Å². The highest BCUT2D eigenvalue weighted by Gasteiger charge is 2.17. The third kappa shape index (κ3) is 4.51. The molecule has 2 aromatic rings. The molecule has 0 bridgehead atoms. The summed E-state index contributed by atoms with van der Waals surface area (Å²) < 4.78 is 4.81. The topological polar surface area (TPSA) is 83.3 Å². The van der Waals surface area contributed by atoms with Gasteiger partial charge in [-0.3, -0.25) is 9.69 Å². The summed E-state index contributed by atoms with van der Waals surface area (Å²) in [7, 11) is 0. The highest BCUT2D eigenvalue weighted by Crippen LogP contribution is 2.28. The van der Waals surface area contributed by atoms with Crippen LogP contribution < -0.4 is 4.90 Å². The lowest BCUT2D eigenvalue weighted by Crippen LogP contribution is -2.22. The minimum Gasteiger partial charge on any atom is -0.444 e. The van der Waals surface area contributed by atoms with Crippen LogP contribution in [0, 0.1) is 11.3 Å². The minimum atomic E-state index is -0.806. The first kappa shape index (κ1) is 17.4. The molecule has 0 spiro atoms. The molecule has 0 aliphatic rings. The fraction of sp³-hybridized carbons (Fsp3) is 0.176. The molecule has 24 heavy (non-hydrogen) atoms. The highest BCUT2D eigenvalue weighted by molar-refractivity contribution is 7.14. The molecule has 6 nitrogen and oxygen atoms in total. The second-order valence-electron chi connectivity index (χ2n) is 4.79. The molecule has 0 fully saturated rings. The molecule has 0 aliphatic carbocycles. The van der Waals surface area contributed by atoms with Crippen molar-refractivity contribution in [1.82, 2.24) is 4.98 Å². The van der Waals surface area contributed by atoms with Gasteiger partial charge < -0.3 is 4.74 Å². The summed E-state index contributed by atoms with van der Waals surface area (Å²) in [5.74, 6) is -0.779. The normalized spacial score (nSPS) is 11.7. The van der Waals surface area contributed by atoms with Gasteiger partial charge in [0.05, 0.1) is 11.4 Å². The Labute approximate surface area is 143 Å². The van der Waals surface area contributed by atoms with Crippen molar-refractivity contribution in [2.45, 2.75) is 20.0 Å². The van der Waals surface area contributed by atoms with Gasteiger partial charge in [-0.1, -0.05) is 18.2 Å². The SMILES string of the molecule is CC(=O)N(c1ccccc1)c1nc(/C=C/C(=O)O[C@@H](C)C#N)cs1. The van der Waals surface area contributed by atoms with Crippen molar-refractivity contribution in [3.8, 4) is 6.07 Å². The minimum absolute atomic E-state index is 0.159. The number of nitriles is 1. The predicted octanol–water partition coefficient (Wildman–Crippen LogP) is 3.30. The average Bonchev–Trinajstić information content (AvgIpc) is 3.02. The molecule has 0 radical (unpaired) electrons. The van der Waals surface area contributed by atoms with E-state index in [2.05, 4.69) is 4.98 Å². The Kier molecular flexibility index (Phi) is 5.82. The van der Waals surface area contributed by atoms with Crippen LogP contribution in [0.1, 0.15) is 19.5 Å². The van der Waals surface area contributed by atoms with E-state index >= 15 is 0 Å². The van der Waals surface area contributed by atoms with Crippen molar-refractivity contribution in [2.24, 2.45) is 0 Å². The smallest absolute Gasteiger partial charge is 0.332 e. The Bertz CT molecular complexity index is 793. The van der Waals surface area contributed by atoms with E-state index in [1.165, 1.54) is 42.2 Å². The van der Waals surface area contributed by atoms with Crippen LogP contribution in [0.15, 0.2) is 41.8 Å². The number of ether oxygens (including phenoxy) is 1. The number of thiazole rings is 1. The van der Waals surface area contributed by atoms with Crippen LogP contribution in [0.4, 0.5) is 10.8 Å². The number of esters is 1. The molecule has 0 unspecified atom stereocenters. The van der Waals surface area contributed by atoms with Crippen molar-refractivity contribution in [2.75, 3.05) is 4.90 Å². The lowest BCUT2D eigenvalue weighted by molar-refractivity contribution is -0.139. The first-order valence-corrected chi connectivity index (χ1v) is 7.99. The monoisotopic (exact) mass is 341 g/mol. The maximum Gasteiger partial charge on any atom is 0.332 e. The number of carbonyl (C=O) groups excluding carboxylic acids is 2. The van der Waals surface area contributed by atoms with Gasteiger partial charge in [-0.2, -0.15) is 5.26 Å². The summed E-state index contributed by atoms with van der Waals surface area (Å²) in [6, 6.07) is 11.0. The largest absolute Gasteiger partial charge is 0.444 e. The van der Waals surface area contributed by atoms with E-state index < -0.39 is 12.1 Å². The Morgan fingerprint density at radius 2 is 2.08 bits per heavy atom. The molecule has 1 aromatic carbocycles. The van der Waals surface area contributed by atoms with Gasteiger partial charge in [-0.15, -0.1) is 11.3 Å². The quantitative estimate of drug-likeness (QED) is 0.615. The number of nitrogens with zero attached hydrogens (tertiary/aromatic N) is 3. The summed E-state index contributed by atoms with van der Waals surface area (Å²) in [5.41, 5.74) is 1.25. The van der Waals surface area contributed by atoms with E-state index in [1.54, 1.807) is 5.38 Å². The molecule has 122 valence electrons. The maximum atomic E-state index is 11.9. The van der Waals surface area contributed by atoms with Crippen LogP contribution >= 0.6 is 11.3 Å². The summed E-state index contributed by atoms with van der Waals surface area (Å²) >= 11 is 1.29. The highest BCUT2D eigenvalue weighted by atomic mass is 32.1. The Hall–Kier alpha value is -2.98. The van der Waals surface area contributed by atoms with Crippen LogP contribution in [0.25, 0.3) is 6.08 Å². The van der Waals surface area contributed by atoms with Gasteiger partial charge >= 0.3 is 5.97 Å². The van der Waals surface area contributed by atoms with Crippen LogP contribution in [0.2, 0.25) is 0 Å². The number of hydrogen-bond donors (Lipinski definition) is 0. The number of aromatic nitrogens is 1. The van der Waals surface area contributed by atoms with Crippen LogP contribution in [-0.4, -0.2) is 23.0 Å². The van der Waals surface area contributed by atoms with Crippen molar-refractivity contribution in [3.63, 3.8) is 0 Å². The number of carbonyl (C=O) groups is 2. The fourth-order valence-corrected chi connectivity index (χ4v) is 2.71. The fourth-order valence-electron chi connectivity index (χ4n) is 1.85. The van der Waals surface area contributed by atoms with E-state index in [-0.39, 0.29) is 5.91 Å². The maximum absolute atomic E-state index is 11.9. The lowest BCUT2D eigenvalue weighted by atomic mass is 10.3. The van der Waals surface area contributed by atoms with Crippen LogP contribution in [0.3, 0.4) is 0 Å². The molecule has 0 saturated carbocycles. The number of benzene rings is 1. The molecule has 0 aliphatic heterocycles. The van der Waals surface area contributed by atoms with Gasteiger partial charge in [0, 0.05) is 18.4 Å². The molecule has 7 heteroatoms. The van der Waals surface area contributed by atoms with Crippen LogP contribution in [0.5, 0.6) is 0 Å². The van der Waals surface area contributed by atoms with Crippen molar-refractivity contribution in [1.29, 1.82) is 5.26 Å². The van der Waals surface area contributed by atoms with Crippen molar-refractivity contribution >= 4 is 40.1 Å². The second-order valence-corrected chi connectivity index (χ2v) is 5.62. The molecular weight excluding hydrogens is 326 g/mol. The molecule has 1 heterocycles. The molecule has 1 aromatic heterocycles. The number of anilines is 2. The van der Waals surface area contributed by atoms with E-state index in [0.29, 0.717) is 10.8 Å². The van der Waals surface area contributed by atoms with Gasteiger partial charge in [0.15, 0.2) is 11.2 Å². The summed E-state index contributed by atoms with van der Waals surface area (Å²) in [6.45, 7) is 2.95. The Morgan fingerprint density at radius 3 is 2.71 bits per heavy atom. The number of rotatable bonds is 5. The predicted molar refractivity (Wildman–Crippen MR) is 91.6 cm³/mol. The third-order valence-corrected chi connectivity index (χ3v) is 3.74. The van der Waals surface area contributed by atoms with Gasteiger partial charge in [0.25, 0.3) is 0 Å². The molecule has 0 N–H and O–H groups in total. The Balaban J connectivity index is 2.16. The number of para-hydroxylation sites is 1. The second kappa shape index (κ2) is 8.04. The van der Waals surface area contributed by atoms with Crippen LogP contribution in [-0.2, 0) is 14.3 Å². The molecule has 1 amide bonds. The zero-order valence-corrected chi connectivity index (χ0v) is 14.0. The molecule has 0 saturated heterocycles. The van der Waals surface area contributed by atoms with Gasteiger partial charge in [-0.25, -0.2) is 9.78 Å². The molecule has 1 atom stereocenters. The summed E-state index contributed by atoms with van der Waals surface area (Å²) in [4.78, 5) is 29.3. The lowest BCUT2D eigenvalue weighted by Gasteiger charge is -2.17. The molecular formula is C17H15N3O3S. The zero-order valence-electron chi connectivity index (χ0n) is 13.2. The first-order valence-electron chi connectivity index (χ1n) is 7.11. The van der Waals surface area contributed by atoms with E-state index in [4.69, 9.17) is 10.00 Å². The number of amides is 1. The standard InChI is InChI=1S/C17H15N3O3S/c1-12(10-18)23-16(22)9-8-14-11-24-17(19-14)20(13(2)21)15-6-4-3-5-7-15/h3-9,11-12H,1-2H3/b9-8+/t12-/m0/s1.